The number of fused-ring (bicyclic) bond motifs is 3. The molecule has 8 nitrogen and oxygen atoms in total. The lowest BCUT2D eigenvalue weighted by Gasteiger charge is -2.07. The molecule has 2 N–H and O–H groups in total. The maximum absolute atomic E-state index is 9.34. The van der Waals surface area contributed by atoms with E-state index in [9.17, 15) is 5.11 Å². The molecule has 0 aliphatic rings. The molecule has 0 saturated heterocycles. The Morgan fingerprint density at radius 2 is 2.19 bits per heavy atom. The van der Waals surface area contributed by atoms with Gasteiger partial charge < -0.3 is 19.1 Å². The molecule has 0 radical (unpaired) electrons. The molecular formula is C19H14N6O2. The lowest BCUT2D eigenvalue weighted by molar-refractivity contribution is 0.248. The molecule has 5 rings (SSSR count). The van der Waals surface area contributed by atoms with E-state index >= 15 is 0 Å². The molecule has 8 heteroatoms. The molecule has 5 aromatic rings. The van der Waals surface area contributed by atoms with Crippen LogP contribution in [0.15, 0.2) is 53.5 Å². The molecule has 5 aromatic heterocycles. The second-order valence-electron chi connectivity index (χ2n) is 6.15. The number of aliphatic hydroxyl groups excluding tert-OH is 1. The van der Waals surface area contributed by atoms with Crippen LogP contribution in [0.3, 0.4) is 0 Å². The SMILES string of the molecule is N#CCn1cc(-n2c(-c3ccc(CO)o3)cc3cnc4[nH]ccc4c32)cn1. The Hall–Kier alpha value is -3.83. The van der Waals surface area contributed by atoms with Crippen LogP contribution in [-0.2, 0) is 13.2 Å². The fraction of sp³-hybridized carbons (Fsp3) is 0.105. The molecule has 0 aliphatic heterocycles. The van der Waals surface area contributed by atoms with Gasteiger partial charge in [-0.15, -0.1) is 0 Å². The Labute approximate surface area is 152 Å². The summed E-state index contributed by atoms with van der Waals surface area (Å²) in [6.45, 7) is 0.00894. The lowest BCUT2D eigenvalue weighted by Crippen LogP contribution is -1.97. The summed E-state index contributed by atoms with van der Waals surface area (Å²) in [4.78, 5) is 7.60. The Bertz CT molecular complexity index is 1310. The van der Waals surface area contributed by atoms with Gasteiger partial charge in [0.1, 0.15) is 24.6 Å². The van der Waals surface area contributed by atoms with Crippen LogP contribution in [-0.4, -0.2) is 29.4 Å². The van der Waals surface area contributed by atoms with E-state index in [0.717, 1.165) is 33.3 Å². The molecule has 0 bridgehead atoms. The van der Waals surface area contributed by atoms with Crippen LogP contribution in [0.1, 0.15) is 5.76 Å². The van der Waals surface area contributed by atoms with Crippen molar-refractivity contribution in [3.8, 4) is 23.2 Å². The second-order valence-corrected chi connectivity index (χ2v) is 6.15. The first kappa shape index (κ1) is 15.4. The highest BCUT2D eigenvalue weighted by Crippen LogP contribution is 2.35. The van der Waals surface area contributed by atoms with E-state index in [1.807, 2.05) is 41.4 Å². The number of furan rings is 1. The quantitative estimate of drug-likeness (QED) is 0.513. The Morgan fingerprint density at radius 1 is 1.26 bits per heavy atom. The number of nitrogens with zero attached hydrogens (tertiary/aromatic N) is 5. The van der Waals surface area contributed by atoms with Crippen LogP contribution in [0.4, 0.5) is 0 Å². The van der Waals surface area contributed by atoms with E-state index < -0.39 is 0 Å². The molecule has 0 fully saturated rings. The maximum Gasteiger partial charge on any atom is 0.151 e. The van der Waals surface area contributed by atoms with Gasteiger partial charge >= 0.3 is 0 Å². The molecule has 0 aromatic carbocycles. The van der Waals surface area contributed by atoms with Crippen LogP contribution >= 0.6 is 0 Å². The highest BCUT2D eigenvalue weighted by Gasteiger charge is 2.19. The topological polar surface area (TPSA) is 109 Å². The van der Waals surface area contributed by atoms with Crippen LogP contribution in [0.2, 0.25) is 0 Å². The summed E-state index contributed by atoms with van der Waals surface area (Å²) in [6, 6.07) is 9.65. The van der Waals surface area contributed by atoms with Crippen molar-refractivity contribution >= 4 is 21.9 Å². The van der Waals surface area contributed by atoms with Gasteiger partial charge in [0.05, 0.1) is 35.4 Å². The van der Waals surface area contributed by atoms with Gasteiger partial charge in [0.2, 0.25) is 0 Å². The number of aromatic nitrogens is 5. The van der Waals surface area contributed by atoms with E-state index in [1.165, 1.54) is 0 Å². The summed E-state index contributed by atoms with van der Waals surface area (Å²) in [5, 5.41) is 24.5. The number of nitriles is 1. The summed E-state index contributed by atoms with van der Waals surface area (Å²) in [5.41, 5.74) is 3.38. The van der Waals surface area contributed by atoms with Crippen molar-refractivity contribution in [2.75, 3.05) is 0 Å². The fourth-order valence-electron chi connectivity index (χ4n) is 3.37. The zero-order valence-electron chi connectivity index (χ0n) is 14.1. The third-order valence-corrected chi connectivity index (χ3v) is 4.52. The number of aliphatic hydroxyl groups is 1. The van der Waals surface area contributed by atoms with Crippen molar-refractivity contribution in [2.45, 2.75) is 13.2 Å². The Kier molecular flexibility index (Phi) is 3.35. The smallest absolute Gasteiger partial charge is 0.151 e. The summed E-state index contributed by atoms with van der Waals surface area (Å²) >= 11 is 0. The standard InChI is InChI=1S/C19H14N6O2/c20-4-6-24-10-13(9-23-24)25-16(17-2-1-14(11-26)27-17)7-12-8-22-19-15(18(12)25)3-5-21-19/h1-3,5,7-10,26H,6,11H2,(H,21,22). The summed E-state index contributed by atoms with van der Waals surface area (Å²) in [5.74, 6) is 1.12. The van der Waals surface area contributed by atoms with Gasteiger partial charge in [0, 0.05) is 23.2 Å². The number of pyridine rings is 1. The third-order valence-electron chi connectivity index (χ3n) is 4.52. The van der Waals surface area contributed by atoms with Crippen LogP contribution < -0.4 is 0 Å². The first-order valence-corrected chi connectivity index (χ1v) is 8.36. The Balaban J connectivity index is 1.84. The van der Waals surface area contributed by atoms with Crippen molar-refractivity contribution in [2.24, 2.45) is 0 Å². The first-order chi connectivity index (χ1) is 13.3. The number of hydrogen-bond donors (Lipinski definition) is 2. The monoisotopic (exact) mass is 358 g/mol. The first-order valence-electron chi connectivity index (χ1n) is 8.36. The van der Waals surface area contributed by atoms with Crippen molar-refractivity contribution < 1.29 is 9.52 Å². The predicted molar refractivity (Wildman–Crippen MR) is 97.9 cm³/mol. The minimum atomic E-state index is -0.163. The number of H-pyrrole nitrogens is 1. The number of nitrogens with one attached hydrogen (secondary N) is 1. The van der Waals surface area contributed by atoms with E-state index in [0.29, 0.717) is 11.5 Å². The molecular weight excluding hydrogens is 344 g/mol. The average molecular weight is 358 g/mol. The van der Waals surface area contributed by atoms with E-state index in [4.69, 9.17) is 9.68 Å². The van der Waals surface area contributed by atoms with Crippen LogP contribution in [0.5, 0.6) is 0 Å². The van der Waals surface area contributed by atoms with Crippen LogP contribution in [0.25, 0.3) is 39.1 Å². The van der Waals surface area contributed by atoms with E-state index in [-0.39, 0.29) is 13.2 Å². The second kappa shape index (κ2) is 5.86. The minimum absolute atomic E-state index is 0.163. The molecule has 0 amide bonds. The van der Waals surface area contributed by atoms with Crippen molar-refractivity contribution in [3.63, 3.8) is 0 Å². The normalized spacial score (nSPS) is 11.4. The molecule has 0 spiro atoms. The molecule has 27 heavy (non-hydrogen) atoms. The minimum Gasteiger partial charge on any atom is -0.457 e. The van der Waals surface area contributed by atoms with E-state index in [2.05, 4.69) is 21.1 Å². The zero-order chi connectivity index (χ0) is 18.4. The van der Waals surface area contributed by atoms with Gasteiger partial charge in [0.15, 0.2) is 5.76 Å². The molecule has 0 atom stereocenters. The van der Waals surface area contributed by atoms with Crippen molar-refractivity contribution in [3.05, 3.63) is 54.8 Å². The third kappa shape index (κ3) is 2.33. The van der Waals surface area contributed by atoms with Gasteiger partial charge in [-0.2, -0.15) is 10.4 Å². The predicted octanol–water partition coefficient (Wildman–Crippen LogP) is 2.98. The highest BCUT2D eigenvalue weighted by molar-refractivity contribution is 6.05. The molecule has 0 aliphatic carbocycles. The van der Waals surface area contributed by atoms with Crippen molar-refractivity contribution in [1.29, 1.82) is 5.26 Å². The Morgan fingerprint density at radius 3 is 3.00 bits per heavy atom. The van der Waals surface area contributed by atoms with Gasteiger partial charge in [-0.25, -0.2) is 4.98 Å². The summed E-state index contributed by atoms with van der Waals surface area (Å²) in [6.07, 6.45) is 7.20. The number of rotatable bonds is 4. The largest absolute Gasteiger partial charge is 0.457 e. The summed E-state index contributed by atoms with van der Waals surface area (Å²) < 4.78 is 9.40. The fourth-order valence-corrected chi connectivity index (χ4v) is 3.37. The lowest BCUT2D eigenvalue weighted by atomic mass is 10.2. The van der Waals surface area contributed by atoms with E-state index in [1.54, 1.807) is 16.9 Å². The van der Waals surface area contributed by atoms with Crippen molar-refractivity contribution in [1.82, 2.24) is 24.3 Å². The molecule has 132 valence electrons. The van der Waals surface area contributed by atoms with Gasteiger partial charge in [-0.1, -0.05) is 0 Å². The molecule has 5 heterocycles. The highest BCUT2D eigenvalue weighted by atomic mass is 16.4. The number of aromatic amines is 1. The summed E-state index contributed by atoms with van der Waals surface area (Å²) in [7, 11) is 0. The molecule has 0 saturated carbocycles. The van der Waals surface area contributed by atoms with Gasteiger partial charge in [0.25, 0.3) is 0 Å². The maximum atomic E-state index is 9.34. The van der Waals surface area contributed by atoms with Crippen LogP contribution in [0, 0.1) is 11.3 Å². The van der Waals surface area contributed by atoms with Gasteiger partial charge in [-0.05, 0) is 24.3 Å². The molecule has 0 unspecified atom stereocenters. The zero-order valence-corrected chi connectivity index (χ0v) is 14.1. The average Bonchev–Trinajstić information content (AvgIpc) is 3.44. The van der Waals surface area contributed by atoms with Gasteiger partial charge in [-0.3, -0.25) is 4.68 Å². The number of hydrogen-bond acceptors (Lipinski definition) is 5.